The Labute approximate surface area is 350 Å². The zero-order chi connectivity index (χ0) is 41.0. The Morgan fingerprint density at radius 2 is 0.571 bits per heavy atom. The fraction of sp³-hybridized carbons (Fsp3) is 0.961. The number of carbonyl (C=O) groups excluding carboxylic acids is 2. The molecule has 0 spiro atoms. The van der Waals surface area contributed by atoms with Gasteiger partial charge in [0.1, 0.15) is 0 Å². The van der Waals surface area contributed by atoms with Crippen LogP contribution in [0.15, 0.2) is 0 Å². The first kappa shape index (κ1) is 54.9. The second kappa shape index (κ2) is 45.0. The van der Waals surface area contributed by atoms with Crippen molar-refractivity contribution in [2.45, 2.75) is 291 Å². The normalized spacial score (nSPS) is 11.7. The molecule has 0 bridgehead atoms. The highest BCUT2D eigenvalue weighted by Crippen LogP contribution is 2.24. The van der Waals surface area contributed by atoms with Crippen molar-refractivity contribution in [1.82, 2.24) is 0 Å². The number of ether oxygens (including phenoxy) is 2. The van der Waals surface area contributed by atoms with E-state index in [1.807, 2.05) is 0 Å². The van der Waals surface area contributed by atoms with Gasteiger partial charge >= 0.3 is 11.9 Å². The van der Waals surface area contributed by atoms with Crippen LogP contribution in [0.4, 0.5) is 0 Å². The van der Waals surface area contributed by atoms with Gasteiger partial charge in [-0.3, -0.25) is 9.59 Å². The number of hydrogen-bond donors (Lipinski definition) is 1. The zero-order valence-corrected chi connectivity index (χ0v) is 38.5. The third-order valence-corrected chi connectivity index (χ3v) is 12.2. The molecular weight excluding hydrogens is 693 g/mol. The summed E-state index contributed by atoms with van der Waals surface area (Å²) in [5.41, 5.74) is 0. The highest BCUT2D eigenvalue weighted by Gasteiger charge is 2.16. The summed E-state index contributed by atoms with van der Waals surface area (Å²) in [6, 6.07) is 0. The standard InChI is InChI=1S/C51H100O5/c1-5-9-13-17-21-29-37-47(38-30-22-18-14-10-6-2)45-50(53)55-43-35-27-25-33-41-49(52)42-34-26-28-36-44-56-51(54)46-48(39-31-23-19-15-11-7-3)40-32-24-20-16-12-8-4/h47-49,52H,5-46H2,1-4H3. The van der Waals surface area contributed by atoms with Gasteiger partial charge < -0.3 is 14.6 Å². The smallest absolute Gasteiger partial charge is 0.306 e. The van der Waals surface area contributed by atoms with Crippen molar-refractivity contribution < 1.29 is 24.2 Å². The van der Waals surface area contributed by atoms with Gasteiger partial charge in [0.2, 0.25) is 0 Å². The Hall–Kier alpha value is -1.10. The van der Waals surface area contributed by atoms with Crippen LogP contribution in [0.5, 0.6) is 0 Å². The molecule has 0 radical (unpaired) electrons. The Morgan fingerprint density at radius 3 is 0.857 bits per heavy atom. The highest BCUT2D eigenvalue weighted by atomic mass is 16.5. The molecule has 0 atom stereocenters. The molecule has 0 rings (SSSR count). The third-order valence-electron chi connectivity index (χ3n) is 12.2. The van der Waals surface area contributed by atoms with Crippen molar-refractivity contribution in [2.24, 2.45) is 11.8 Å². The average molecular weight is 793 g/mol. The van der Waals surface area contributed by atoms with Crippen LogP contribution >= 0.6 is 0 Å². The molecule has 5 heteroatoms. The number of hydrogen-bond acceptors (Lipinski definition) is 5. The van der Waals surface area contributed by atoms with Crippen LogP contribution in [0.3, 0.4) is 0 Å². The van der Waals surface area contributed by atoms with Gasteiger partial charge in [-0.25, -0.2) is 0 Å². The van der Waals surface area contributed by atoms with Crippen LogP contribution in [0.2, 0.25) is 0 Å². The summed E-state index contributed by atoms with van der Waals surface area (Å²) in [5, 5.41) is 10.5. The van der Waals surface area contributed by atoms with E-state index in [1.165, 1.54) is 180 Å². The van der Waals surface area contributed by atoms with Crippen LogP contribution in [0.1, 0.15) is 285 Å². The number of aliphatic hydroxyl groups is 1. The molecule has 0 unspecified atom stereocenters. The van der Waals surface area contributed by atoms with Gasteiger partial charge in [0.05, 0.1) is 19.3 Å². The SMILES string of the molecule is CCCCCCCCC(CCCCCCCC)CC(=O)OCCCCCCC(O)CCCCCCOC(=O)CC(CCCCCCCC)CCCCCCCC. The van der Waals surface area contributed by atoms with Crippen molar-refractivity contribution in [2.75, 3.05) is 13.2 Å². The van der Waals surface area contributed by atoms with E-state index >= 15 is 0 Å². The lowest BCUT2D eigenvalue weighted by atomic mass is 9.91. The van der Waals surface area contributed by atoms with Crippen LogP contribution in [-0.2, 0) is 19.1 Å². The highest BCUT2D eigenvalue weighted by molar-refractivity contribution is 5.70. The summed E-state index contributed by atoms with van der Waals surface area (Å²) in [4.78, 5) is 25.4. The van der Waals surface area contributed by atoms with Crippen molar-refractivity contribution in [3.05, 3.63) is 0 Å². The van der Waals surface area contributed by atoms with E-state index in [-0.39, 0.29) is 18.0 Å². The first-order valence-electron chi connectivity index (χ1n) is 25.5. The first-order chi connectivity index (χ1) is 27.5. The predicted molar refractivity (Wildman–Crippen MR) is 242 cm³/mol. The minimum absolute atomic E-state index is 0.00629. The number of aliphatic hydroxyl groups excluding tert-OH is 1. The Morgan fingerprint density at radius 1 is 0.339 bits per heavy atom. The lowest BCUT2D eigenvalue weighted by molar-refractivity contribution is -0.146. The zero-order valence-electron chi connectivity index (χ0n) is 38.5. The maximum atomic E-state index is 12.7. The van der Waals surface area contributed by atoms with E-state index < -0.39 is 0 Å². The van der Waals surface area contributed by atoms with Crippen molar-refractivity contribution in [1.29, 1.82) is 0 Å². The van der Waals surface area contributed by atoms with Crippen molar-refractivity contribution in [3.63, 3.8) is 0 Å². The summed E-state index contributed by atoms with van der Waals surface area (Å²) in [5.74, 6) is 0.986. The van der Waals surface area contributed by atoms with Gasteiger partial charge in [0, 0.05) is 12.8 Å². The van der Waals surface area contributed by atoms with Gasteiger partial charge in [0.25, 0.3) is 0 Å². The fourth-order valence-electron chi connectivity index (χ4n) is 8.33. The van der Waals surface area contributed by atoms with Gasteiger partial charge in [-0.15, -0.1) is 0 Å². The molecule has 0 aliphatic rings. The molecule has 56 heavy (non-hydrogen) atoms. The molecule has 5 nitrogen and oxygen atoms in total. The van der Waals surface area contributed by atoms with Crippen molar-refractivity contribution >= 4 is 11.9 Å². The van der Waals surface area contributed by atoms with Gasteiger partial charge in [-0.1, -0.05) is 220 Å². The largest absolute Gasteiger partial charge is 0.466 e. The van der Waals surface area contributed by atoms with Crippen molar-refractivity contribution in [3.8, 4) is 0 Å². The van der Waals surface area contributed by atoms with Crippen LogP contribution in [-0.4, -0.2) is 36.4 Å². The Balaban J connectivity index is 4.02. The fourth-order valence-corrected chi connectivity index (χ4v) is 8.33. The summed E-state index contributed by atoms with van der Waals surface area (Å²) in [7, 11) is 0. The monoisotopic (exact) mass is 793 g/mol. The molecule has 0 saturated heterocycles. The first-order valence-corrected chi connectivity index (χ1v) is 25.5. The summed E-state index contributed by atoms with van der Waals surface area (Å²) >= 11 is 0. The molecule has 0 aliphatic heterocycles. The summed E-state index contributed by atoms with van der Waals surface area (Å²) < 4.78 is 11.4. The van der Waals surface area contributed by atoms with Crippen LogP contribution in [0, 0.1) is 11.8 Å². The van der Waals surface area contributed by atoms with E-state index in [0.717, 1.165) is 64.2 Å². The predicted octanol–water partition coefficient (Wildman–Crippen LogP) is 16.3. The Kier molecular flexibility index (Phi) is 44.1. The van der Waals surface area contributed by atoms with E-state index in [2.05, 4.69) is 27.7 Å². The second-order valence-electron chi connectivity index (χ2n) is 17.9. The van der Waals surface area contributed by atoms with E-state index in [0.29, 0.717) is 37.9 Å². The van der Waals surface area contributed by atoms with Crippen LogP contribution in [0.25, 0.3) is 0 Å². The molecule has 0 heterocycles. The average Bonchev–Trinajstić information content (AvgIpc) is 3.19. The van der Waals surface area contributed by atoms with Gasteiger partial charge in [-0.05, 0) is 63.2 Å². The van der Waals surface area contributed by atoms with E-state index in [1.54, 1.807) is 0 Å². The lowest BCUT2D eigenvalue weighted by Crippen LogP contribution is -2.13. The number of rotatable bonds is 46. The lowest BCUT2D eigenvalue weighted by Gasteiger charge is -2.16. The molecule has 0 amide bonds. The van der Waals surface area contributed by atoms with E-state index in [9.17, 15) is 14.7 Å². The molecule has 0 aliphatic carbocycles. The number of esters is 2. The topological polar surface area (TPSA) is 72.8 Å². The molecule has 1 N–H and O–H groups in total. The third kappa shape index (κ3) is 41.1. The molecule has 0 aromatic carbocycles. The number of carbonyl (C=O) groups is 2. The maximum Gasteiger partial charge on any atom is 0.306 e. The minimum Gasteiger partial charge on any atom is -0.466 e. The van der Waals surface area contributed by atoms with E-state index in [4.69, 9.17) is 9.47 Å². The quantitative estimate of drug-likeness (QED) is 0.0491. The molecule has 0 saturated carbocycles. The summed E-state index contributed by atoms with van der Waals surface area (Å²) in [6.45, 7) is 10.1. The molecule has 0 aromatic rings. The maximum absolute atomic E-state index is 12.7. The van der Waals surface area contributed by atoms with Gasteiger partial charge in [0.15, 0.2) is 0 Å². The molecule has 0 fully saturated rings. The molecule has 0 aromatic heterocycles. The van der Waals surface area contributed by atoms with Gasteiger partial charge in [-0.2, -0.15) is 0 Å². The molecule has 334 valence electrons. The molecular formula is C51H100O5. The Bertz CT molecular complexity index is 703. The minimum atomic E-state index is -0.226. The second-order valence-corrected chi connectivity index (χ2v) is 17.9. The van der Waals surface area contributed by atoms with Crippen LogP contribution < -0.4 is 0 Å². The summed E-state index contributed by atoms with van der Waals surface area (Å²) in [6.07, 6.45) is 47.0. The number of unbranched alkanes of at least 4 members (excludes halogenated alkanes) is 26.